The number of nitrogens with one attached hydrogen (secondary N) is 1. The molecule has 29 heavy (non-hydrogen) atoms. The molecule has 2 aromatic carbocycles. The zero-order valence-corrected chi connectivity index (χ0v) is 18.1. The lowest BCUT2D eigenvalue weighted by Gasteiger charge is -2.16. The monoisotopic (exact) mass is 436 g/mol. The van der Waals surface area contributed by atoms with Crippen molar-refractivity contribution in [3.63, 3.8) is 0 Å². The lowest BCUT2D eigenvalue weighted by atomic mass is 10.1. The lowest BCUT2D eigenvalue weighted by Crippen LogP contribution is -2.23. The molecule has 1 N–H and O–H groups in total. The van der Waals surface area contributed by atoms with Crippen LogP contribution in [0.3, 0.4) is 0 Å². The number of fused-ring (bicyclic) bond motifs is 1. The highest BCUT2D eigenvalue weighted by Gasteiger charge is 2.24. The number of hydrogen-bond acceptors (Lipinski definition) is 5. The topological polar surface area (TPSA) is 75.7 Å². The van der Waals surface area contributed by atoms with Crippen molar-refractivity contribution in [1.82, 2.24) is 4.31 Å². The molecule has 0 saturated carbocycles. The van der Waals surface area contributed by atoms with E-state index in [-0.39, 0.29) is 16.5 Å². The second kappa shape index (κ2) is 8.10. The van der Waals surface area contributed by atoms with Crippen LogP contribution in [0.2, 0.25) is 0 Å². The van der Waals surface area contributed by atoms with Crippen LogP contribution in [0.5, 0.6) is 5.75 Å². The molecule has 0 spiro atoms. The Hall–Kier alpha value is -2.49. The van der Waals surface area contributed by atoms with Crippen LogP contribution in [0.15, 0.2) is 41.3 Å². The van der Waals surface area contributed by atoms with Gasteiger partial charge in [-0.3, -0.25) is 4.79 Å². The Kier molecular flexibility index (Phi) is 5.92. The van der Waals surface area contributed by atoms with Crippen molar-refractivity contribution in [2.45, 2.75) is 18.7 Å². The Labute approximate surface area is 173 Å². The summed E-state index contributed by atoms with van der Waals surface area (Å²) < 4.78 is 46.6. The molecule has 0 radical (unpaired) electrons. The first-order chi connectivity index (χ1) is 13.7. The first kappa shape index (κ1) is 21.2. The van der Waals surface area contributed by atoms with E-state index in [2.05, 4.69) is 5.32 Å². The summed E-state index contributed by atoms with van der Waals surface area (Å²) in [4.78, 5) is 13.1. The van der Waals surface area contributed by atoms with Crippen molar-refractivity contribution >= 4 is 43.0 Å². The number of aryl methyl sites for hydroxylation is 1. The molecule has 3 aromatic rings. The van der Waals surface area contributed by atoms with Gasteiger partial charge in [0, 0.05) is 29.9 Å². The normalized spacial score (nSPS) is 11.8. The third kappa shape index (κ3) is 3.98. The van der Waals surface area contributed by atoms with Crippen LogP contribution in [0.1, 0.15) is 22.2 Å². The predicted molar refractivity (Wildman–Crippen MR) is 113 cm³/mol. The van der Waals surface area contributed by atoms with Crippen molar-refractivity contribution in [2.24, 2.45) is 0 Å². The van der Waals surface area contributed by atoms with E-state index in [0.717, 1.165) is 4.31 Å². The molecule has 1 heterocycles. The number of carbonyl (C=O) groups is 1. The number of benzene rings is 2. The first-order valence-electron chi connectivity index (χ1n) is 8.85. The molecular formula is C20H21FN2O4S2. The zero-order valence-electron chi connectivity index (χ0n) is 16.4. The van der Waals surface area contributed by atoms with Crippen LogP contribution in [0.25, 0.3) is 10.1 Å². The molecule has 0 unspecified atom stereocenters. The van der Waals surface area contributed by atoms with Gasteiger partial charge in [0.25, 0.3) is 5.91 Å². The molecule has 0 aliphatic rings. The molecular weight excluding hydrogens is 415 g/mol. The highest BCUT2D eigenvalue weighted by molar-refractivity contribution is 7.89. The third-order valence-corrected chi connectivity index (χ3v) is 7.46. The number of carbonyl (C=O) groups excluding carboxylic acids is 1. The van der Waals surface area contributed by atoms with Gasteiger partial charge >= 0.3 is 0 Å². The number of sulfonamides is 1. The summed E-state index contributed by atoms with van der Waals surface area (Å²) in [5.41, 5.74) is 0.851. The summed E-state index contributed by atoms with van der Waals surface area (Å²) in [5.74, 6) is -0.601. The number of amides is 1. The summed E-state index contributed by atoms with van der Waals surface area (Å²) in [5, 5.41) is 3.13. The summed E-state index contributed by atoms with van der Waals surface area (Å²) in [6.07, 6.45) is 0. The van der Waals surface area contributed by atoms with Crippen molar-refractivity contribution in [2.75, 3.05) is 26.0 Å². The average molecular weight is 437 g/mol. The summed E-state index contributed by atoms with van der Waals surface area (Å²) in [6.45, 7) is 3.75. The maximum Gasteiger partial charge on any atom is 0.266 e. The fourth-order valence-electron chi connectivity index (χ4n) is 2.92. The quantitative estimate of drug-likeness (QED) is 0.627. The minimum Gasteiger partial charge on any atom is -0.492 e. The van der Waals surface area contributed by atoms with Gasteiger partial charge in [0.2, 0.25) is 10.0 Å². The van der Waals surface area contributed by atoms with E-state index in [9.17, 15) is 17.6 Å². The maximum absolute atomic E-state index is 14.1. The summed E-state index contributed by atoms with van der Waals surface area (Å²) in [7, 11) is -0.933. The molecule has 0 fully saturated rings. The fraction of sp³-hybridized carbons (Fsp3) is 0.250. The molecule has 1 aromatic heterocycles. The van der Waals surface area contributed by atoms with Gasteiger partial charge in [-0.1, -0.05) is 6.07 Å². The first-order valence-corrected chi connectivity index (χ1v) is 11.1. The van der Waals surface area contributed by atoms with E-state index in [0.29, 0.717) is 32.8 Å². The molecule has 0 atom stereocenters. The third-order valence-electron chi connectivity index (χ3n) is 4.37. The van der Waals surface area contributed by atoms with Gasteiger partial charge in [0.15, 0.2) is 0 Å². The van der Waals surface area contributed by atoms with Crippen LogP contribution in [-0.4, -0.2) is 39.3 Å². The predicted octanol–water partition coefficient (Wildman–Crippen LogP) is 4.25. The standard InChI is InChI=1S/C20H21FN2O4S2/c1-5-27-15-10-9-13(11-17(15)29(25,26)23(3)4)22-20(24)19-12(2)18-14(21)7-6-8-16(18)28-19/h6-11H,5H2,1-4H3,(H,22,24). The molecule has 6 nitrogen and oxygen atoms in total. The summed E-state index contributed by atoms with van der Waals surface area (Å²) >= 11 is 1.19. The Bertz CT molecular complexity index is 1190. The Morgan fingerprint density at radius 3 is 2.59 bits per heavy atom. The maximum atomic E-state index is 14.1. The van der Waals surface area contributed by atoms with Crippen LogP contribution in [0, 0.1) is 12.7 Å². The average Bonchev–Trinajstić information content (AvgIpc) is 3.01. The van der Waals surface area contributed by atoms with Crippen molar-refractivity contribution in [3.8, 4) is 5.75 Å². The second-order valence-corrected chi connectivity index (χ2v) is 9.68. The van der Waals surface area contributed by atoms with E-state index in [1.165, 1.54) is 43.6 Å². The smallest absolute Gasteiger partial charge is 0.266 e. The van der Waals surface area contributed by atoms with E-state index in [1.807, 2.05) is 0 Å². The molecule has 0 aliphatic carbocycles. The van der Waals surface area contributed by atoms with Gasteiger partial charge in [-0.15, -0.1) is 11.3 Å². The number of halogens is 1. The van der Waals surface area contributed by atoms with Gasteiger partial charge in [0.1, 0.15) is 16.5 Å². The number of rotatable bonds is 6. The molecule has 154 valence electrons. The number of anilines is 1. The minimum absolute atomic E-state index is 0.0405. The molecule has 3 rings (SSSR count). The highest BCUT2D eigenvalue weighted by Crippen LogP contribution is 2.34. The van der Waals surface area contributed by atoms with Crippen LogP contribution in [0.4, 0.5) is 10.1 Å². The van der Waals surface area contributed by atoms with Crippen molar-refractivity contribution < 1.29 is 22.3 Å². The van der Waals surface area contributed by atoms with Crippen LogP contribution < -0.4 is 10.1 Å². The van der Waals surface area contributed by atoms with E-state index >= 15 is 0 Å². The van der Waals surface area contributed by atoms with Gasteiger partial charge in [-0.05, 0) is 49.7 Å². The number of ether oxygens (including phenoxy) is 1. The number of thiophene rings is 1. The van der Waals surface area contributed by atoms with Crippen molar-refractivity contribution in [1.29, 1.82) is 0 Å². The van der Waals surface area contributed by atoms with Crippen molar-refractivity contribution in [3.05, 3.63) is 52.7 Å². The number of hydrogen-bond donors (Lipinski definition) is 1. The van der Waals surface area contributed by atoms with Gasteiger partial charge < -0.3 is 10.1 Å². The molecule has 1 amide bonds. The van der Waals surface area contributed by atoms with Crippen LogP contribution >= 0.6 is 11.3 Å². The minimum atomic E-state index is -3.78. The van der Waals surface area contributed by atoms with E-state index < -0.39 is 15.9 Å². The molecule has 9 heteroatoms. The molecule has 0 bridgehead atoms. The second-order valence-electron chi connectivity index (χ2n) is 6.51. The Morgan fingerprint density at radius 2 is 1.97 bits per heavy atom. The zero-order chi connectivity index (χ0) is 21.3. The molecule has 0 saturated heterocycles. The van der Waals surface area contributed by atoms with E-state index in [4.69, 9.17) is 4.74 Å². The van der Waals surface area contributed by atoms with Crippen LogP contribution in [-0.2, 0) is 10.0 Å². The lowest BCUT2D eigenvalue weighted by molar-refractivity contribution is 0.103. The number of nitrogens with zero attached hydrogens (tertiary/aromatic N) is 1. The Morgan fingerprint density at radius 1 is 1.24 bits per heavy atom. The SMILES string of the molecule is CCOc1ccc(NC(=O)c2sc3cccc(F)c3c2C)cc1S(=O)(=O)N(C)C. The van der Waals surface area contributed by atoms with E-state index in [1.54, 1.807) is 32.0 Å². The fourth-order valence-corrected chi connectivity index (χ4v) is 5.09. The largest absolute Gasteiger partial charge is 0.492 e. The molecule has 0 aliphatic heterocycles. The summed E-state index contributed by atoms with van der Waals surface area (Å²) in [6, 6.07) is 9.15. The van der Waals surface area contributed by atoms with Gasteiger partial charge in [-0.2, -0.15) is 0 Å². The Balaban J connectivity index is 1.99. The highest BCUT2D eigenvalue weighted by atomic mass is 32.2. The van der Waals surface area contributed by atoms with Gasteiger partial charge in [0.05, 0.1) is 11.5 Å². The van der Waals surface area contributed by atoms with Gasteiger partial charge in [-0.25, -0.2) is 17.1 Å².